The van der Waals surface area contributed by atoms with Gasteiger partial charge in [-0.3, -0.25) is 0 Å². The summed E-state index contributed by atoms with van der Waals surface area (Å²) in [6.07, 6.45) is 2.08. The molecule has 1 aromatic carbocycles. The van der Waals surface area contributed by atoms with Crippen molar-refractivity contribution in [2.24, 2.45) is 0 Å². The number of sulfonamides is 1. The molecule has 0 aliphatic carbocycles. The molecule has 0 aliphatic heterocycles. The van der Waals surface area contributed by atoms with E-state index in [1.807, 2.05) is 0 Å². The fourth-order valence-corrected chi connectivity index (χ4v) is 3.04. The van der Waals surface area contributed by atoms with Crippen molar-refractivity contribution in [2.45, 2.75) is 31.2 Å². The van der Waals surface area contributed by atoms with E-state index in [4.69, 9.17) is 9.84 Å². The van der Waals surface area contributed by atoms with Gasteiger partial charge in [-0.1, -0.05) is 6.08 Å². The first kappa shape index (κ1) is 17.2. The van der Waals surface area contributed by atoms with Crippen LogP contribution in [-0.4, -0.2) is 32.1 Å². The molecule has 7 heteroatoms. The minimum atomic E-state index is -3.79. The van der Waals surface area contributed by atoms with Gasteiger partial charge in [0.25, 0.3) is 0 Å². The van der Waals surface area contributed by atoms with E-state index in [0.29, 0.717) is 13.0 Å². The van der Waals surface area contributed by atoms with Crippen molar-refractivity contribution in [3.8, 4) is 5.75 Å². The lowest BCUT2D eigenvalue weighted by atomic mass is 10.2. The Labute approximate surface area is 124 Å². The van der Waals surface area contributed by atoms with Gasteiger partial charge in [-0.15, -0.1) is 6.58 Å². The van der Waals surface area contributed by atoms with Crippen LogP contribution < -0.4 is 9.46 Å². The summed E-state index contributed by atoms with van der Waals surface area (Å²) >= 11 is 0. The van der Waals surface area contributed by atoms with E-state index in [-0.39, 0.29) is 22.3 Å². The molecule has 0 aromatic heterocycles. The largest absolute Gasteiger partial charge is 0.493 e. The number of hydrogen-bond donors (Lipinski definition) is 2. The molecule has 1 rings (SSSR count). The Morgan fingerprint density at radius 3 is 2.71 bits per heavy atom. The summed E-state index contributed by atoms with van der Waals surface area (Å²) in [6, 6.07) is 3.43. The first-order valence-corrected chi connectivity index (χ1v) is 7.93. The Morgan fingerprint density at radius 2 is 2.19 bits per heavy atom. The second kappa shape index (κ2) is 7.24. The van der Waals surface area contributed by atoms with E-state index in [1.165, 1.54) is 12.1 Å². The molecule has 0 saturated carbocycles. The number of ether oxygens (including phenoxy) is 1. The highest BCUT2D eigenvalue weighted by Crippen LogP contribution is 2.23. The molecular weight excluding hydrogens is 294 g/mol. The molecule has 116 valence electrons. The van der Waals surface area contributed by atoms with Crippen LogP contribution in [0.4, 0.5) is 0 Å². The van der Waals surface area contributed by atoms with Crippen molar-refractivity contribution in [2.75, 3.05) is 6.61 Å². The summed E-state index contributed by atoms with van der Waals surface area (Å²) < 4.78 is 32.0. The molecule has 0 aliphatic rings. The summed E-state index contributed by atoms with van der Waals surface area (Å²) in [5.41, 5.74) is -0.184. The molecule has 1 unspecified atom stereocenters. The molecule has 0 spiro atoms. The molecule has 1 atom stereocenters. The van der Waals surface area contributed by atoms with Crippen molar-refractivity contribution >= 4 is 16.0 Å². The van der Waals surface area contributed by atoms with E-state index < -0.39 is 16.0 Å². The van der Waals surface area contributed by atoms with Crippen LogP contribution in [0.2, 0.25) is 0 Å². The number of hydrogen-bond acceptors (Lipinski definition) is 4. The number of carboxylic acids is 1. The number of carbonyl (C=O) groups is 1. The molecule has 0 radical (unpaired) electrons. The molecule has 2 N–H and O–H groups in total. The van der Waals surface area contributed by atoms with Gasteiger partial charge in [0.05, 0.1) is 11.5 Å². The van der Waals surface area contributed by atoms with Gasteiger partial charge in [-0.2, -0.15) is 0 Å². The quantitative estimate of drug-likeness (QED) is 0.716. The maximum absolute atomic E-state index is 12.2. The van der Waals surface area contributed by atoms with Gasteiger partial charge in [-0.05, 0) is 38.5 Å². The maximum Gasteiger partial charge on any atom is 0.339 e. The van der Waals surface area contributed by atoms with E-state index in [1.54, 1.807) is 19.9 Å². The third-order valence-electron chi connectivity index (χ3n) is 2.67. The molecule has 0 amide bonds. The molecule has 1 aromatic rings. The fraction of sp³-hybridized carbons (Fsp3) is 0.357. The summed E-state index contributed by atoms with van der Waals surface area (Å²) in [4.78, 5) is 11.1. The van der Waals surface area contributed by atoms with Crippen LogP contribution in [0.5, 0.6) is 5.75 Å². The molecule has 6 nitrogen and oxygen atoms in total. The highest BCUT2D eigenvalue weighted by Gasteiger charge is 2.21. The van der Waals surface area contributed by atoms with Crippen LogP contribution >= 0.6 is 0 Å². The second-order valence-corrected chi connectivity index (χ2v) is 6.16. The molecular formula is C14H19NO5S. The highest BCUT2D eigenvalue weighted by molar-refractivity contribution is 7.89. The molecule has 21 heavy (non-hydrogen) atoms. The zero-order chi connectivity index (χ0) is 16.0. The predicted molar refractivity (Wildman–Crippen MR) is 79.2 cm³/mol. The molecule has 0 fully saturated rings. The normalized spacial score (nSPS) is 12.7. The third-order valence-corrected chi connectivity index (χ3v) is 4.26. The standard InChI is InChI=1S/C14H19NO5S/c1-4-6-10(3)15-21(18,19)11-7-8-13(20-5-2)12(9-11)14(16)17/h4,7-10,15H,1,5-6H2,2-3H3,(H,16,17). The van der Waals surface area contributed by atoms with Gasteiger partial charge < -0.3 is 9.84 Å². The van der Waals surface area contributed by atoms with E-state index in [9.17, 15) is 13.2 Å². The minimum absolute atomic E-state index is 0.112. The summed E-state index contributed by atoms with van der Waals surface area (Å²) in [6.45, 7) is 7.25. The third kappa shape index (κ3) is 4.57. The van der Waals surface area contributed by atoms with Crippen LogP contribution in [-0.2, 0) is 10.0 Å². The Morgan fingerprint density at radius 1 is 1.52 bits per heavy atom. The molecule has 0 saturated heterocycles. The van der Waals surface area contributed by atoms with E-state index in [0.717, 1.165) is 6.07 Å². The van der Waals surface area contributed by atoms with Crippen molar-refractivity contribution in [1.82, 2.24) is 4.72 Å². The van der Waals surface area contributed by atoms with Crippen molar-refractivity contribution in [3.05, 3.63) is 36.4 Å². The van der Waals surface area contributed by atoms with Gasteiger partial charge in [0.15, 0.2) is 0 Å². The average Bonchev–Trinajstić information content (AvgIpc) is 2.38. The Hall–Kier alpha value is -1.86. The van der Waals surface area contributed by atoms with Gasteiger partial charge in [0, 0.05) is 6.04 Å². The number of nitrogens with one attached hydrogen (secondary N) is 1. The number of benzene rings is 1. The Bertz CT molecular complexity index is 624. The van der Waals surface area contributed by atoms with Gasteiger partial charge in [-0.25, -0.2) is 17.9 Å². The van der Waals surface area contributed by atoms with E-state index >= 15 is 0 Å². The van der Waals surface area contributed by atoms with E-state index in [2.05, 4.69) is 11.3 Å². The van der Waals surface area contributed by atoms with Gasteiger partial charge >= 0.3 is 5.97 Å². The minimum Gasteiger partial charge on any atom is -0.493 e. The van der Waals surface area contributed by atoms with Crippen LogP contribution in [0.25, 0.3) is 0 Å². The topological polar surface area (TPSA) is 92.7 Å². The average molecular weight is 313 g/mol. The zero-order valence-electron chi connectivity index (χ0n) is 12.0. The summed E-state index contributed by atoms with van der Waals surface area (Å²) in [7, 11) is -3.79. The predicted octanol–water partition coefficient (Wildman–Crippen LogP) is 2.03. The lowest BCUT2D eigenvalue weighted by Gasteiger charge is -2.14. The van der Waals surface area contributed by atoms with Crippen LogP contribution in [0, 0.1) is 0 Å². The van der Waals surface area contributed by atoms with Crippen molar-refractivity contribution in [3.63, 3.8) is 0 Å². The number of rotatable bonds is 8. The second-order valence-electron chi connectivity index (χ2n) is 4.44. The highest BCUT2D eigenvalue weighted by atomic mass is 32.2. The van der Waals surface area contributed by atoms with Crippen LogP contribution in [0.1, 0.15) is 30.6 Å². The van der Waals surface area contributed by atoms with Gasteiger partial charge in [0.1, 0.15) is 11.3 Å². The zero-order valence-corrected chi connectivity index (χ0v) is 12.8. The fourth-order valence-electron chi connectivity index (χ4n) is 1.76. The van der Waals surface area contributed by atoms with Crippen molar-refractivity contribution in [1.29, 1.82) is 0 Å². The maximum atomic E-state index is 12.2. The Kier molecular flexibility index (Phi) is 5.92. The van der Waals surface area contributed by atoms with Crippen molar-refractivity contribution < 1.29 is 23.1 Å². The Balaban J connectivity index is 3.16. The smallest absolute Gasteiger partial charge is 0.339 e. The number of aromatic carboxylic acids is 1. The lowest BCUT2D eigenvalue weighted by molar-refractivity contribution is 0.0692. The lowest BCUT2D eigenvalue weighted by Crippen LogP contribution is -2.32. The SMILES string of the molecule is C=CCC(C)NS(=O)(=O)c1ccc(OCC)c(C(=O)O)c1. The summed E-state index contributed by atoms with van der Waals surface area (Å²) in [5, 5.41) is 9.14. The number of carboxylic acid groups (broad SMARTS) is 1. The first-order chi connectivity index (χ1) is 9.81. The summed E-state index contributed by atoms with van der Waals surface area (Å²) in [5.74, 6) is -1.10. The first-order valence-electron chi connectivity index (χ1n) is 6.45. The molecule has 0 bridgehead atoms. The van der Waals surface area contributed by atoms with Crippen LogP contribution in [0.15, 0.2) is 35.7 Å². The monoisotopic (exact) mass is 313 g/mol. The molecule has 0 heterocycles. The van der Waals surface area contributed by atoms with Gasteiger partial charge in [0.2, 0.25) is 10.0 Å². The van der Waals surface area contributed by atoms with Crippen LogP contribution in [0.3, 0.4) is 0 Å².